The fourth-order valence-corrected chi connectivity index (χ4v) is 6.67. The van der Waals surface area contributed by atoms with Crippen LogP contribution in [0.1, 0.15) is 39.5 Å². The summed E-state index contributed by atoms with van der Waals surface area (Å²) in [7, 11) is 0.149. The Morgan fingerprint density at radius 2 is 1.50 bits per heavy atom. The van der Waals surface area contributed by atoms with Crippen LogP contribution in [0.5, 0.6) is 0 Å². The molecule has 1 unspecified atom stereocenters. The summed E-state index contributed by atoms with van der Waals surface area (Å²) < 4.78 is 0. The predicted octanol–water partition coefficient (Wildman–Crippen LogP) is 5.27. The first-order chi connectivity index (χ1) is 9.32. The molecule has 1 saturated heterocycles. The molecule has 3 rings (SSSR count). The Morgan fingerprint density at radius 3 is 1.95 bits per heavy atom. The van der Waals surface area contributed by atoms with Crippen LogP contribution in [0.3, 0.4) is 0 Å². The zero-order valence-corrected chi connectivity index (χ0v) is 14.5. The summed E-state index contributed by atoms with van der Waals surface area (Å²) in [5.74, 6) is 0. The Labute approximate surface area is 135 Å². The van der Waals surface area contributed by atoms with Gasteiger partial charge in [-0.05, 0) is 37.0 Å². The molecular weight excluding hydrogens is 303 g/mol. The van der Waals surface area contributed by atoms with Gasteiger partial charge in [-0.15, -0.1) is 13.2 Å². The van der Waals surface area contributed by atoms with Crippen molar-refractivity contribution in [2.75, 3.05) is 6.16 Å². The summed E-state index contributed by atoms with van der Waals surface area (Å²) >= 11 is 0. The second-order valence-corrected chi connectivity index (χ2v) is 8.06. The van der Waals surface area contributed by atoms with Crippen LogP contribution in [0.25, 0.3) is 0 Å². The summed E-state index contributed by atoms with van der Waals surface area (Å²) in [6.45, 7) is 4.76. The van der Waals surface area contributed by atoms with E-state index >= 15 is 0 Å². The van der Waals surface area contributed by atoms with Crippen molar-refractivity contribution in [3.05, 3.63) is 54.6 Å². The molecule has 2 heteroatoms. The second-order valence-electron chi connectivity index (χ2n) is 5.29. The van der Waals surface area contributed by atoms with E-state index in [1.807, 2.05) is 30.3 Å². The van der Waals surface area contributed by atoms with Crippen molar-refractivity contribution < 1.29 is 17.1 Å². The standard InChI is InChI=1S/C13H20P.C5H5.Fe/c1-3-13(4-2)10-7-11-14(13)12-8-5-6-9-12;1-2-4-5-3-1;/h5-6,8-9H,3-4,7,10-11H2,1-2H3;1-5H;/q-1;-5;. The SMILES string of the molecule is CCC1(CC)CCCP1[c-]1cccc1.[Fe].[cH-]1[cH-][cH-][cH-][cH-]1. The molecule has 0 aliphatic carbocycles. The molecule has 1 aliphatic rings. The van der Waals surface area contributed by atoms with Gasteiger partial charge in [-0.2, -0.15) is 12.1 Å². The van der Waals surface area contributed by atoms with Crippen molar-refractivity contribution in [1.82, 2.24) is 0 Å². The van der Waals surface area contributed by atoms with E-state index in [2.05, 4.69) is 38.1 Å². The number of rotatable bonds is 3. The summed E-state index contributed by atoms with van der Waals surface area (Å²) in [4.78, 5) is 0. The first kappa shape index (κ1) is 17.7. The van der Waals surface area contributed by atoms with Gasteiger partial charge in [-0.1, -0.05) is 13.8 Å². The molecule has 0 saturated carbocycles. The molecule has 1 atom stereocenters. The first-order valence-electron chi connectivity index (χ1n) is 7.48. The van der Waals surface area contributed by atoms with E-state index in [1.165, 1.54) is 31.8 Å². The fourth-order valence-electron chi connectivity index (χ4n) is 3.19. The third-order valence-corrected chi connectivity index (χ3v) is 8.11. The predicted molar refractivity (Wildman–Crippen MR) is 88.0 cm³/mol. The van der Waals surface area contributed by atoms with E-state index in [0.717, 1.165) is 0 Å². The minimum atomic E-state index is 0. The Morgan fingerprint density at radius 1 is 1.00 bits per heavy atom. The molecule has 0 bridgehead atoms. The fraction of sp³-hybridized carbons (Fsp3) is 0.444. The van der Waals surface area contributed by atoms with Crippen molar-refractivity contribution in [2.24, 2.45) is 0 Å². The molecule has 0 nitrogen and oxygen atoms in total. The van der Waals surface area contributed by atoms with Gasteiger partial charge >= 0.3 is 0 Å². The van der Waals surface area contributed by atoms with Crippen LogP contribution in [0.4, 0.5) is 0 Å². The average Bonchev–Trinajstić information content (AvgIpc) is 3.19. The van der Waals surface area contributed by atoms with E-state index in [1.54, 1.807) is 5.30 Å². The molecule has 1 fully saturated rings. The zero-order valence-electron chi connectivity index (χ0n) is 12.5. The quantitative estimate of drug-likeness (QED) is 0.409. The summed E-state index contributed by atoms with van der Waals surface area (Å²) in [5, 5.41) is 2.34. The van der Waals surface area contributed by atoms with Crippen molar-refractivity contribution in [2.45, 2.75) is 44.7 Å². The molecule has 0 N–H and O–H groups in total. The molecule has 2 aromatic carbocycles. The molecular formula is C18H25FeP-6. The van der Waals surface area contributed by atoms with Crippen molar-refractivity contribution in [3.8, 4) is 0 Å². The van der Waals surface area contributed by atoms with Crippen molar-refractivity contribution >= 4 is 13.2 Å². The Bertz CT molecular complexity index is 409. The van der Waals surface area contributed by atoms with Crippen LogP contribution in [0.15, 0.2) is 54.6 Å². The third-order valence-electron chi connectivity index (χ3n) is 4.42. The first-order valence-corrected chi connectivity index (χ1v) is 9.01. The van der Waals surface area contributed by atoms with Gasteiger partial charge in [0.2, 0.25) is 0 Å². The van der Waals surface area contributed by atoms with E-state index in [4.69, 9.17) is 0 Å². The normalized spacial score (nSPS) is 19.8. The summed E-state index contributed by atoms with van der Waals surface area (Å²) in [5.41, 5.74) is 0. The Kier molecular flexibility index (Phi) is 7.81. The monoisotopic (exact) mass is 328 g/mol. The zero-order chi connectivity index (χ0) is 13.6. The van der Waals surface area contributed by atoms with Gasteiger partial charge in [-0.25, -0.2) is 12.1 Å². The van der Waals surface area contributed by atoms with Gasteiger partial charge in [0.05, 0.1) is 0 Å². The Balaban J connectivity index is 0.000000283. The van der Waals surface area contributed by atoms with Crippen LogP contribution < -0.4 is 5.30 Å². The van der Waals surface area contributed by atoms with Crippen molar-refractivity contribution in [3.63, 3.8) is 0 Å². The molecule has 116 valence electrons. The smallest absolute Gasteiger partial charge is 0 e. The molecule has 2 aromatic rings. The third kappa shape index (κ3) is 4.08. The molecule has 1 heterocycles. The topological polar surface area (TPSA) is 0 Å². The maximum absolute atomic E-state index is 2.38. The van der Waals surface area contributed by atoms with Crippen LogP contribution in [0.2, 0.25) is 0 Å². The maximum Gasteiger partial charge on any atom is 0 e. The minimum absolute atomic E-state index is 0. The van der Waals surface area contributed by atoms with Gasteiger partial charge in [0.1, 0.15) is 0 Å². The molecule has 0 aromatic heterocycles. The average molecular weight is 328 g/mol. The molecule has 1 aliphatic heterocycles. The minimum Gasteiger partial charge on any atom is -0.748 e. The number of hydrogen-bond donors (Lipinski definition) is 0. The van der Waals surface area contributed by atoms with Gasteiger partial charge in [0.15, 0.2) is 0 Å². The van der Waals surface area contributed by atoms with E-state index in [9.17, 15) is 0 Å². The van der Waals surface area contributed by atoms with Crippen LogP contribution in [-0.4, -0.2) is 11.3 Å². The van der Waals surface area contributed by atoms with Crippen molar-refractivity contribution in [1.29, 1.82) is 0 Å². The summed E-state index contributed by atoms with van der Waals surface area (Å²) in [6.07, 6.45) is 7.15. The molecule has 0 radical (unpaired) electrons. The maximum atomic E-state index is 2.38. The summed E-state index contributed by atoms with van der Waals surface area (Å²) in [6, 6.07) is 19.1. The second kappa shape index (κ2) is 8.83. The molecule has 0 spiro atoms. The Hall–Kier alpha value is -0.351. The van der Waals surface area contributed by atoms with Gasteiger partial charge < -0.3 is 30.3 Å². The van der Waals surface area contributed by atoms with E-state index in [0.29, 0.717) is 5.16 Å². The largest absolute Gasteiger partial charge is 0.748 e. The van der Waals surface area contributed by atoms with Crippen LogP contribution in [0, 0.1) is 0 Å². The van der Waals surface area contributed by atoms with E-state index < -0.39 is 0 Å². The number of hydrogen-bond acceptors (Lipinski definition) is 0. The molecule has 0 amide bonds. The van der Waals surface area contributed by atoms with Gasteiger partial charge in [0, 0.05) is 17.1 Å². The van der Waals surface area contributed by atoms with Crippen LogP contribution in [-0.2, 0) is 17.1 Å². The van der Waals surface area contributed by atoms with Gasteiger partial charge in [-0.3, -0.25) is 0 Å². The van der Waals surface area contributed by atoms with Gasteiger partial charge in [0.25, 0.3) is 0 Å². The molecule has 20 heavy (non-hydrogen) atoms. The van der Waals surface area contributed by atoms with Crippen LogP contribution >= 0.6 is 7.92 Å². The van der Waals surface area contributed by atoms with E-state index in [-0.39, 0.29) is 25.0 Å².